The predicted molar refractivity (Wildman–Crippen MR) is 110 cm³/mol. The van der Waals surface area contributed by atoms with Crippen LogP contribution < -0.4 is 9.03 Å². The molecule has 0 saturated heterocycles. The van der Waals surface area contributed by atoms with Crippen molar-refractivity contribution in [3.8, 4) is 0 Å². The largest absolute Gasteiger partial charge is 0.280 e. The molecule has 1 aliphatic heterocycles. The van der Waals surface area contributed by atoms with E-state index in [0.717, 1.165) is 29.8 Å². The standard InChI is InChI=1S/C18H21N3O6S2/c1-2-12-28(24,25)20-11-3-4-14-5-6-15(13-18(14)20)19-29(26,27)17-9-7-16(8-10-17)21(22)23/h5-10,13,19H,2-4,11-12H2,1H3. The highest BCUT2D eigenvalue weighted by molar-refractivity contribution is 7.93. The molecule has 1 heterocycles. The van der Waals surface area contributed by atoms with Crippen molar-refractivity contribution in [1.29, 1.82) is 0 Å². The van der Waals surface area contributed by atoms with Gasteiger partial charge in [-0.2, -0.15) is 0 Å². The minimum Gasteiger partial charge on any atom is -0.280 e. The lowest BCUT2D eigenvalue weighted by Crippen LogP contribution is -2.37. The number of fused-ring (bicyclic) bond motifs is 1. The molecule has 1 aliphatic rings. The van der Waals surface area contributed by atoms with E-state index in [9.17, 15) is 26.9 Å². The summed E-state index contributed by atoms with van der Waals surface area (Å²) in [5, 5.41) is 10.7. The highest BCUT2D eigenvalue weighted by Crippen LogP contribution is 2.33. The molecule has 0 spiro atoms. The summed E-state index contributed by atoms with van der Waals surface area (Å²) in [6, 6.07) is 9.34. The Hall–Kier alpha value is -2.66. The molecule has 2 aromatic rings. The fourth-order valence-corrected chi connectivity index (χ4v) is 5.89. The average Bonchev–Trinajstić information content (AvgIpc) is 2.67. The van der Waals surface area contributed by atoms with Crippen LogP contribution in [-0.2, 0) is 26.5 Å². The number of nitrogens with one attached hydrogen (secondary N) is 1. The van der Waals surface area contributed by atoms with E-state index in [2.05, 4.69) is 4.72 Å². The third-order valence-corrected chi connectivity index (χ3v) is 7.94. The minimum absolute atomic E-state index is 0.0190. The lowest BCUT2D eigenvalue weighted by molar-refractivity contribution is -0.384. The third kappa shape index (κ3) is 4.51. The number of hydrogen-bond donors (Lipinski definition) is 1. The van der Waals surface area contributed by atoms with Gasteiger partial charge in [-0.25, -0.2) is 16.8 Å². The fraction of sp³-hybridized carbons (Fsp3) is 0.333. The van der Waals surface area contributed by atoms with Crippen LogP contribution in [0.4, 0.5) is 17.1 Å². The lowest BCUT2D eigenvalue weighted by Gasteiger charge is -2.31. The number of nitrogens with zero attached hydrogens (tertiary/aromatic N) is 2. The lowest BCUT2D eigenvalue weighted by atomic mass is 10.0. The smallest absolute Gasteiger partial charge is 0.269 e. The Balaban J connectivity index is 1.92. The first kappa shape index (κ1) is 21.1. The molecule has 11 heteroatoms. The molecule has 2 aromatic carbocycles. The van der Waals surface area contributed by atoms with Crippen molar-refractivity contribution in [3.05, 3.63) is 58.1 Å². The van der Waals surface area contributed by atoms with Crippen molar-refractivity contribution in [3.63, 3.8) is 0 Å². The molecule has 0 aromatic heterocycles. The summed E-state index contributed by atoms with van der Waals surface area (Å²) in [7, 11) is -7.47. The van der Waals surface area contributed by atoms with Gasteiger partial charge in [0.2, 0.25) is 10.0 Å². The van der Waals surface area contributed by atoms with Gasteiger partial charge in [0.25, 0.3) is 15.7 Å². The number of rotatable bonds is 7. The number of non-ortho nitro benzene ring substituents is 1. The van der Waals surface area contributed by atoms with E-state index < -0.39 is 25.0 Å². The molecule has 0 fully saturated rings. The zero-order valence-electron chi connectivity index (χ0n) is 15.7. The summed E-state index contributed by atoms with van der Waals surface area (Å²) in [5.74, 6) is 0.0190. The topological polar surface area (TPSA) is 127 Å². The Morgan fingerprint density at radius 3 is 2.41 bits per heavy atom. The normalized spacial score (nSPS) is 14.3. The van der Waals surface area contributed by atoms with Gasteiger partial charge in [-0.15, -0.1) is 0 Å². The van der Waals surface area contributed by atoms with Gasteiger partial charge in [0, 0.05) is 18.7 Å². The van der Waals surface area contributed by atoms with Crippen LogP contribution >= 0.6 is 0 Å². The first-order valence-corrected chi connectivity index (χ1v) is 12.1. The number of aryl methyl sites for hydroxylation is 1. The molecule has 156 valence electrons. The van der Waals surface area contributed by atoms with E-state index in [1.807, 2.05) is 0 Å². The molecule has 0 unspecified atom stereocenters. The van der Waals surface area contributed by atoms with E-state index in [4.69, 9.17) is 0 Å². The van der Waals surface area contributed by atoms with Crippen molar-refractivity contribution in [1.82, 2.24) is 0 Å². The molecule has 0 amide bonds. The second kappa shape index (κ2) is 7.99. The highest BCUT2D eigenvalue weighted by Gasteiger charge is 2.27. The van der Waals surface area contributed by atoms with E-state index in [-0.39, 0.29) is 22.0 Å². The quantitative estimate of drug-likeness (QED) is 0.522. The second-order valence-electron chi connectivity index (χ2n) is 6.69. The molecule has 0 atom stereocenters. The van der Waals surface area contributed by atoms with Gasteiger partial charge < -0.3 is 0 Å². The second-order valence-corrected chi connectivity index (χ2v) is 10.4. The molecule has 0 bridgehead atoms. The zero-order valence-corrected chi connectivity index (χ0v) is 17.4. The van der Waals surface area contributed by atoms with Crippen LogP contribution in [0.3, 0.4) is 0 Å². The molecule has 9 nitrogen and oxygen atoms in total. The van der Waals surface area contributed by atoms with Gasteiger partial charge in [0.05, 0.1) is 26.9 Å². The van der Waals surface area contributed by atoms with Gasteiger partial charge in [0.1, 0.15) is 0 Å². The van der Waals surface area contributed by atoms with Crippen molar-refractivity contribution >= 4 is 37.1 Å². The maximum absolute atomic E-state index is 12.6. The SMILES string of the molecule is CCCS(=O)(=O)N1CCCc2ccc(NS(=O)(=O)c3ccc([N+](=O)[O-])cc3)cc21. The van der Waals surface area contributed by atoms with Crippen LogP contribution in [0.15, 0.2) is 47.4 Å². The molecule has 3 rings (SSSR count). The number of nitro benzene ring substituents is 1. The summed E-state index contributed by atoms with van der Waals surface area (Å²) in [6.45, 7) is 2.14. The van der Waals surface area contributed by atoms with Gasteiger partial charge in [0.15, 0.2) is 0 Å². The Morgan fingerprint density at radius 1 is 1.10 bits per heavy atom. The summed E-state index contributed by atoms with van der Waals surface area (Å²) in [5.41, 5.74) is 1.33. The Morgan fingerprint density at radius 2 is 1.79 bits per heavy atom. The van der Waals surface area contributed by atoms with E-state index in [1.165, 1.54) is 10.4 Å². The highest BCUT2D eigenvalue weighted by atomic mass is 32.2. The zero-order chi connectivity index (χ0) is 21.2. The van der Waals surface area contributed by atoms with Crippen molar-refractivity contribution in [2.45, 2.75) is 31.1 Å². The summed E-state index contributed by atoms with van der Waals surface area (Å²) < 4.78 is 54.2. The van der Waals surface area contributed by atoms with Gasteiger partial charge in [-0.05, 0) is 49.1 Å². The van der Waals surface area contributed by atoms with E-state index in [0.29, 0.717) is 31.5 Å². The van der Waals surface area contributed by atoms with Crippen LogP contribution in [0.5, 0.6) is 0 Å². The van der Waals surface area contributed by atoms with Crippen molar-refractivity contribution in [2.75, 3.05) is 21.3 Å². The fourth-order valence-electron chi connectivity index (χ4n) is 3.22. The van der Waals surface area contributed by atoms with Crippen LogP contribution in [0.1, 0.15) is 25.3 Å². The van der Waals surface area contributed by atoms with Crippen molar-refractivity contribution in [2.24, 2.45) is 0 Å². The number of nitro groups is 1. The molecule has 0 radical (unpaired) electrons. The summed E-state index contributed by atoms with van der Waals surface area (Å²) >= 11 is 0. The van der Waals surface area contributed by atoms with Gasteiger partial charge >= 0.3 is 0 Å². The van der Waals surface area contributed by atoms with E-state index in [1.54, 1.807) is 19.1 Å². The monoisotopic (exact) mass is 439 g/mol. The maximum atomic E-state index is 12.6. The predicted octanol–water partition coefficient (Wildman–Crippen LogP) is 2.89. The number of hydrogen-bond acceptors (Lipinski definition) is 6. The maximum Gasteiger partial charge on any atom is 0.269 e. The molecule has 1 N–H and O–H groups in total. The summed E-state index contributed by atoms with van der Waals surface area (Å²) in [4.78, 5) is 9.99. The van der Waals surface area contributed by atoms with Crippen LogP contribution in [-0.4, -0.2) is 34.1 Å². The molecular formula is C18H21N3O6S2. The first-order chi connectivity index (χ1) is 13.6. The number of sulfonamides is 2. The van der Waals surface area contributed by atoms with Crippen LogP contribution in [0.25, 0.3) is 0 Å². The Labute approximate surface area is 169 Å². The summed E-state index contributed by atoms with van der Waals surface area (Å²) in [6.07, 6.45) is 1.90. The van der Waals surface area contributed by atoms with Crippen LogP contribution in [0.2, 0.25) is 0 Å². The van der Waals surface area contributed by atoms with Crippen molar-refractivity contribution < 1.29 is 21.8 Å². The molecular weight excluding hydrogens is 418 g/mol. The Kier molecular flexibility index (Phi) is 5.80. The van der Waals surface area contributed by atoms with Crippen LogP contribution in [0, 0.1) is 10.1 Å². The Bertz CT molecular complexity index is 1130. The average molecular weight is 440 g/mol. The van der Waals surface area contributed by atoms with E-state index >= 15 is 0 Å². The minimum atomic E-state index is -3.99. The molecule has 29 heavy (non-hydrogen) atoms. The first-order valence-electron chi connectivity index (χ1n) is 9.04. The molecule has 0 aliphatic carbocycles. The van der Waals surface area contributed by atoms with Gasteiger partial charge in [-0.3, -0.25) is 19.1 Å². The number of anilines is 2. The number of benzene rings is 2. The molecule has 0 saturated carbocycles. The third-order valence-electron chi connectivity index (χ3n) is 4.57. The van der Waals surface area contributed by atoms with Gasteiger partial charge in [-0.1, -0.05) is 13.0 Å².